The number of fused-ring (bicyclic) bond motifs is 1. The maximum Gasteiger partial charge on any atom is 0.228 e. The molecular formula is C25H31N7OS. The first-order valence-electron chi connectivity index (χ1n) is 12.6. The Bertz CT molecular complexity index is 1170. The highest BCUT2D eigenvalue weighted by Gasteiger charge is 2.35. The SMILES string of the molecule is CC1CCc2nc(N3CCCC3C(=O)Cc3nccs3)nc(Nc3cc(C4CCCC4)[nH]n3)c21. The molecule has 1 saturated carbocycles. The molecule has 3 aliphatic rings. The topological polar surface area (TPSA) is 99.7 Å². The van der Waals surface area contributed by atoms with Gasteiger partial charge < -0.3 is 10.2 Å². The Labute approximate surface area is 203 Å². The molecule has 34 heavy (non-hydrogen) atoms. The average Bonchev–Trinajstić information content (AvgIpc) is 3.65. The van der Waals surface area contributed by atoms with Crippen LogP contribution in [0, 0.1) is 0 Å². The summed E-state index contributed by atoms with van der Waals surface area (Å²) in [4.78, 5) is 29.5. The number of H-pyrrole nitrogens is 1. The van der Waals surface area contributed by atoms with Crippen molar-refractivity contribution < 1.29 is 4.79 Å². The Morgan fingerprint density at radius 3 is 2.91 bits per heavy atom. The second-order valence-electron chi connectivity index (χ2n) is 9.91. The van der Waals surface area contributed by atoms with Crippen LogP contribution in [0.1, 0.15) is 85.7 Å². The standard InChI is InChI=1S/C25H31N7OS/c1-15-8-9-17-23(15)24(28-21-13-18(30-31-21)16-5-2-3-6-16)29-25(27-17)32-11-4-7-19(32)20(33)14-22-26-10-12-34-22/h10,12-13,15-16,19H,2-9,11,14H2,1H3,(H2,27,28,29,30,31). The summed E-state index contributed by atoms with van der Waals surface area (Å²) in [6.45, 7) is 3.04. The molecule has 4 heterocycles. The van der Waals surface area contributed by atoms with Crippen LogP contribution in [-0.2, 0) is 17.6 Å². The quantitative estimate of drug-likeness (QED) is 0.500. The highest BCUT2D eigenvalue weighted by molar-refractivity contribution is 7.09. The lowest BCUT2D eigenvalue weighted by molar-refractivity contribution is -0.119. The largest absolute Gasteiger partial charge is 0.331 e. The summed E-state index contributed by atoms with van der Waals surface area (Å²) in [6.07, 6.45) is 11.0. The number of hydrogen-bond donors (Lipinski definition) is 2. The minimum absolute atomic E-state index is 0.187. The number of ketones is 1. The van der Waals surface area contributed by atoms with Gasteiger partial charge in [0.25, 0.3) is 0 Å². The number of rotatable bonds is 7. The Hall–Kier alpha value is -2.81. The fourth-order valence-electron chi connectivity index (χ4n) is 5.85. The van der Waals surface area contributed by atoms with Crippen LogP contribution < -0.4 is 10.2 Å². The van der Waals surface area contributed by atoms with Crippen LogP contribution in [0.25, 0.3) is 0 Å². The zero-order chi connectivity index (χ0) is 23.1. The van der Waals surface area contributed by atoms with Gasteiger partial charge in [-0.05, 0) is 44.4 Å². The summed E-state index contributed by atoms with van der Waals surface area (Å²) >= 11 is 1.54. The van der Waals surface area contributed by atoms with Crippen LogP contribution in [0.5, 0.6) is 0 Å². The van der Waals surface area contributed by atoms with E-state index in [1.165, 1.54) is 48.3 Å². The molecule has 1 saturated heterocycles. The van der Waals surface area contributed by atoms with Gasteiger partial charge in [0.05, 0.1) is 23.2 Å². The van der Waals surface area contributed by atoms with E-state index in [1.54, 1.807) is 6.20 Å². The predicted octanol–water partition coefficient (Wildman–Crippen LogP) is 4.89. The fourth-order valence-corrected chi connectivity index (χ4v) is 6.47. The van der Waals surface area contributed by atoms with Crippen LogP contribution in [0.2, 0.25) is 0 Å². The molecule has 3 aromatic heterocycles. The summed E-state index contributed by atoms with van der Waals surface area (Å²) in [5, 5.41) is 14.1. The molecule has 2 N–H and O–H groups in total. The van der Waals surface area contributed by atoms with E-state index in [4.69, 9.17) is 9.97 Å². The Kier molecular flexibility index (Phi) is 5.80. The van der Waals surface area contributed by atoms with Crippen molar-refractivity contribution in [3.63, 3.8) is 0 Å². The van der Waals surface area contributed by atoms with Gasteiger partial charge in [-0.1, -0.05) is 19.8 Å². The van der Waals surface area contributed by atoms with Crippen LogP contribution in [0.3, 0.4) is 0 Å². The molecule has 9 heteroatoms. The third-order valence-electron chi connectivity index (χ3n) is 7.65. The van der Waals surface area contributed by atoms with Gasteiger partial charge in [-0.15, -0.1) is 11.3 Å². The van der Waals surface area contributed by atoms with Crippen molar-refractivity contribution in [3.8, 4) is 0 Å². The summed E-state index contributed by atoms with van der Waals surface area (Å²) in [7, 11) is 0. The maximum absolute atomic E-state index is 13.1. The van der Waals surface area contributed by atoms with Crippen molar-refractivity contribution in [3.05, 3.63) is 39.6 Å². The number of thiazole rings is 1. The van der Waals surface area contributed by atoms with Crippen LogP contribution in [0.15, 0.2) is 17.6 Å². The summed E-state index contributed by atoms with van der Waals surface area (Å²) in [6, 6.07) is 1.95. The Balaban J connectivity index is 1.28. The molecule has 3 aromatic rings. The number of carbonyl (C=O) groups excluding carboxylic acids is 1. The number of Topliss-reactive ketones (excluding diaryl/α,β-unsaturated/α-hetero) is 1. The Morgan fingerprint density at radius 1 is 1.21 bits per heavy atom. The molecule has 2 unspecified atom stereocenters. The van der Waals surface area contributed by atoms with E-state index < -0.39 is 0 Å². The van der Waals surface area contributed by atoms with E-state index in [0.717, 1.165) is 54.6 Å². The lowest BCUT2D eigenvalue weighted by Gasteiger charge is -2.25. The van der Waals surface area contributed by atoms with E-state index in [9.17, 15) is 4.79 Å². The van der Waals surface area contributed by atoms with Crippen molar-refractivity contribution in [2.24, 2.45) is 0 Å². The molecule has 8 nitrogen and oxygen atoms in total. The molecular weight excluding hydrogens is 446 g/mol. The van der Waals surface area contributed by atoms with Crippen molar-refractivity contribution in [1.29, 1.82) is 0 Å². The van der Waals surface area contributed by atoms with E-state index in [1.807, 2.05) is 5.38 Å². The highest BCUT2D eigenvalue weighted by Crippen LogP contribution is 2.40. The van der Waals surface area contributed by atoms with Crippen molar-refractivity contribution in [1.82, 2.24) is 25.1 Å². The van der Waals surface area contributed by atoms with Gasteiger partial charge in [-0.2, -0.15) is 10.1 Å². The first-order valence-corrected chi connectivity index (χ1v) is 13.4. The van der Waals surface area contributed by atoms with Gasteiger partial charge in [0, 0.05) is 41.4 Å². The first kappa shape index (κ1) is 21.7. The molecule has 2 atom stereocenters. The normalized spacial score (nSPS) is 22.4. The van der Waals surface area contributed by atoms with Gasteiger partial charge in [0.2, 0.25) is 5.95 Å². The van der Waals surface area contributed by atoms with E-state index in [0.29, 0.717) is 24.2 Å². The second-order valence-corrected chi connectivity index (χ2v) is 10.9. The highest BCUT2D eigenvalue weighted by atomic mass is 32.1. The molecule has 2 aliphatic carbocycles. The summed E-state index contributed by atoms with van der Waals surface area (Å²) in [5.41, 5.74) is 3.51. The van der Waals surface area contributed by atoms with E-state index in [-0.39, 0.29) is 11.8 Å². The van der Waals surface area contributed by atoms with Gasteiger partial charge in [0.1, 0.15) is 5.82 Å². The lowest BCUT2D eigenvalue weighted by atomic mass is 10.0. The number of aryl methyl sites for hydroxylation is 1. The molecule has 0 bridgehead atoms. The molecule has 0 radical (unpaired) electrons. The predicted molar refractivity (Wildman–Crippen MR) is 133 cm³/mol. The minimum Gasteiger partial charge on any atom is -0.331 e. The molecule has 1 aliphatic heterocycles. The third kappa shape index (κ3) is 4.10. The number of aromatic amines is 1. The van der Waals surface area contributed by atoms with Crippen molar-refractivity contribution in [2.75, 3.05) is 16.8 Å². The minimum atomic E-state index is -0.187. The van der Waals surface area contributed by atoms with Crippen molar-refractivity contribution in [2.45, 2.75) is 82.6 Å². The van der Waals surface area contributed by atoms with E-state index >= 15 is 0 Å². The molecule has 2 fully saturated rings. The number of nitrogens with one attached hydrogen (secondary N) is 2. The second kappa shape index (κ2) is 9.09. The lowest BCUT2D eigenvalue weighted by Crippen LogP contribution is -2.38. The van der Waals surface area contributed by atoms with Crippen LogP contribution >= 0.6 is 11.3 Å². The first-order chi connectivity index (χ1) is 16.7. The van der Waals surface area contributed by atoms with E-state index in [2.05, 4.69) is 38.4 Å². The molecule has 0 spiro atoms. The molecule has 0 aromatic carbocycles. The summed E-state index contributed by atoms with van der Waals surface area (Å²) in [5.74, 6) is 3.51. The molecule has 6 rings (SSSR count). The Morgan fingerprint density at radius 2 is 2.09 bits per heavy atom. The zero-order valence-corrected chi connectivity index (χ0v) is 20.4. The monoisotopic (exact) mass is 477 g/mol. The molecule has 0 amide bonds. The smallest absolute Gasteiger partial charge is 0.228 e. The van der Waals surface area contributed by atoms with Crippen molar-refractivity contribution >= 4 is 34.7 Å². The molecule has 178 valence electrons. The van der Waals surface area contributed by atoms with Crippen LogP contribution in [0.4, 0.5) is 17.6 Å². The number of carbonyl (C=O) groups is 1. The zero-order valence-electron chi connectivity index (χ0n) is 19.6. The number of anilines is 3. The number of nitrogens with zero attached hydrogens (tertiary/aromatic N) is 5. The van der Waals surface area contributed by atoms with Gasteiger partial charge in [-0.3, -0.25) is 9.89 Å². The van der Waals surface area contributed by atoms with Gasteiger partial charge >= 0.3 is 0 Å². The maximum atomic E-state index is 13.1. The van der Waals surface area contributed by atoms with Gasteiger partial charge in [-0.25, -0.2) is 9.97 Å². The number of aromatic nitrogens is 5. The number of hydrogen-bond acceptors (Lipinski definition) is 8. The third-order valence-corrected chi connectivity index (χ3v) is 8.43. The average molecular weight is 478 g/mol. The fraction of sp³-hybridized carbons (Fsp3) is 0.560. The summed E-state index contributed by atoms with van der Waals surface area (Å²) < 4.78 is 0. The van der Waals surface area contributed by atoms with Crippen LogP contribution in [-0.4, -0.2) is 43.5 Å². The van der Waals surface area contributed by atoms with Gasteiger partial charge in [0.15, 0.2) is 11.6 Å².